The summed E-state index contributed by atoms with van der Waals surface area (Å²) in [6, 6.07) is 8.77. The number of likely N-dealkylation sites (tertiary alicyclic amines) is 1. The van der Waals surface area contributed by atoms with E-state index in [9.17, 15) is 0 Å². The normalized spacial score (nSPS) is 15.7. The van der Waals surface area contributed by atoms with Crippen LogP contribution in [0.3, 0.4) is 0 Å². The first-order valence-electron chi connectivity index (χ1n) is 9.07. The number of nitrogens with zero attached hydrogens (tertiary/aromatic N) is 2. The topological polar surface area (TPSA) is 39.7 Å². The number of unbranched alkanes of at least 4 members (excludes halogenated alkanes) is 1. The summed E-state index contributed by atoms with van der Waals surface area (Å²) in [6.07, 6.45) is 6.44. The highest BCUT2D eigenvalue weighted by Gasteiger charge is 2.12. The molecule has 4 nitrogen and oxygen atoms in total. The predicted molar refractivity (Wildman–Crippen MR) is 114 cm³/mol. The maximum atomic E-state index is 4.30. The summed E-state index contributed by atoms with van der Waals surface area (Å²) in [6.45, 7) is 7.56. The zero-order valence-corrected chi connectivity index (χ0v) is 17.5. The van der Waals surface area contributed by atoms with E-state index in [-0.39, 0.29) is 24.0 Å². The molecule has 0 unspecified atom stereocenters. The second kappa shape index (κ2) is 12.5. The molecule has 24 heavy (non-hydrogen) atoms. The molecule has 1 aliphatic rings. The van der Waals surface area contributed by atoms with Crippen molar-refractivity contribution in [3.63, 3.8) is 0 Å². The van der Waals surface area contributed by atoms with Crippen LogP contribution in [-0.2, 0) is 13.1 Å². The van der Waals surface area contributed by atoms with Crippen LogP contribution >= 0.6 is 24.0 Å². The smallest absolute Gasteiger partial charge is 0.191 e. The van der Waals surface area contributed by atoms with E-state index in [0.717, 1.165) is 25.6 Å². The third kappa shape index (κ3) is 7.38. The van der Waals surface area contributed by atoms with E-state index in [1.54, 1.807) is 0 Å². The number of aliphatic imine (C=N–C) groups is 1. The number of hydrogen-bond donors (Lipinski definition) is 2. The number of hydrogen-bond acceptors (Lipinski definition) is 2. The Morgan fingerprint density at radius 2 is 1.79 bits per heavy atom. The SMILES string of the molecule is CCCCNC(=NC)NCc1ccccc1CN1CCCCC1.I. The first-order valence-corrected chi connectivity index (χ1v) is 9.07. The van der Waals surface area contributed by atoms with Gasteiger partial charge < -0.3 is 10.6 Å². The van der Waals surface area contributed by atoms with E-state index in [0.29, 0.717) is 0 Å². The van der Waals surface area contributed by atoms with Gasteiger partial charge in [-0.15, -0.1) is 24.0 Å². The Bertz CT molecular complexity index is 484. The third-order valence-electron chi connectivity index (χ3n) is 4.45. The lowest BCUT2D eigenvalue weighted by molar-refractivity contribution is 0.220. The fraction of sp³-hybridized carbons (Fsp3) is 0.632. The molecular formula is C19H33IN4. The molecule has 136 valence electrons. The van der Waals surface area contributed by atoms with Crippen LogP contribution in [-0.4, -0.2) is 37.5 Å². The largest absolute Gasteiger partial charge is 0.356 e. The Labute approximate surface area is 164 Å². The van der Waals surface area contributed by atoms with Gasteiger partial charge in [0.25, 0.3) is 0 Å². The van der Waals surface area contributed by atoms with Gasteiger partial charge >= 0.3 is 0 Å². The van der Waals surface area contributed by atoms with Crippen LogP contribution < -0.4 is 10.6 Å². The molecule has 0 saturated carbocycles. The number of guanidine groups is 1. The summed E-state index contributed by atoms with van der Waals surface area (Å²) in [5.74, 6) is 0.895. The fourth-order valence-electron chi connectivity index (χ4n) is 3.03. The fourth-order valence-corrected chi connectivity index (χ4v) is 3.03. The summed E-state index contributed by atoms with van der Waals surface area (Å²) < 4.78 is 0. The van der Waals surface area contributed by atoms with Crippen LogP contribution in [0.2, 0.25) is 0 Å². The summed E-state index contributed by atoms with van der Waals surface area (Å²) in [5, 5.41) is 6.81. The number of benzene rings is 1. The van der Waals surface area contributed by atoms with Gasteiger partial charge in [0.15, 0.2) is 5.96 Å². The first kappa shape index (κ1) is 21.2. The average Bonchev–Trinajstić information content (AvgIpc) is 2.60. The minimum absolute atomic E-state index is 0. The van der Waals surface area contributed by atoms with Crippen LogP contribution in [0.1, 0.15) is 50.2 Å². The maximum absolute atomic E-state index is 4.30. The van der Waals surface area contributed by atoms with Crippen molar-refractivity contribution >= 4 is 29.9 Å². The van der Waals surface area contributed by atoms with Crippen molar-refractivity contribution in [1.29, 1.82) is 0 Å². The van der Waals surface area contributed by atoms with Gasteiger partial charge in [-0.05, 0) is 43.5 Å². The van der Waals surface area contributed by atoms with Crippen molar-refractivity contribution in [2.45, 2.75) is 52.1 Å². The van der Waals surface area contributed by atoms with Crippen LogP contribution in [0.25, 0.3) is 0 Å². The first-order chi connectivity index (χ1) is 11.3. The summed E-state index contributed by atoms with van der Waals surface area (Å²) >= 11 is 0. The van der Waals surface area contributed by atoms with Gasteiger partial charge in [0.05, 0.1) is 0 Å². The third-order valence-corrected chi connectivity index (χ3v) is 4.45. The van der Waals surface area contributed by atoms with Gasteiger partial charge in [-0.25, -0.2) is 0 Å². The van der Waals surface area contributed by atoms with Crippen molar-refractivity contribution in [2.75, 3.05) is 26.7 Å². The molecule has 1 saturated heterocycles. The number of piperidine rings is 1. The van der Waals surface area contributed by atoms with Gasteiger partial charge in [-0.2, -0.15) is 0 Å². The molecule has 0 aromatic heterocycles. The van der Waals surface area contributed by atoms with Crippen LogP contribution in [0.4, 0.5) is 0 Å². The lowest BCUT2D eigenvalue weighted by Crippen LogP contribution is -2.37. The van der Waals surface area contributed by atoms with E-state index in [2.05, 4.69) is 51.7 Å². The summed E-state index contributed by atoms with van der Waals surface area (Å²) in [5.41, 5.74) is 2.81. The molecule has 5 heteroatoms. The van der Waals surface area contributed by atoms with Crippen LogP contribution in [0.5, 0.6) is 0 Å². The molecule has 1 fully saturated rings. The van der Waals surface area contributed by atoms with Crippen LogP contribution in [0, 0.1) is 0 Å². The van der Waals surface area contributed by atoms with E-state index in [1.807, 2.05) is 7.05 Å². The molecular weight excluding hydrogens is 411 g/mol. The Kier molecular flexibility index (Phi) is 11.1. The summed E-state index contributed by atoms with van der Waals surface area (Å²) in [4.78, 5) is 6.88. The van der Waals surface area contributed by atoms with Gasteiger partial charge in [0.1, 0.15) is 0 Å². The highest BCUT2D eigenvalue weighted by atomic mass is 127. The number of rotatable bonds is 7. The molecule has 1 aromatic carbocycles. The molecule has 0 spiro atoms. The van der Waals surface area contributed by atoms with Crippen LogP contribution in [0.15, 0.2) is 29.3 Å². The minimum Gasteiger partial charge on any atom is -0.356 e. The molecule has 0 atom stereocenters. The highest BCUT2D eigenvalue weighted by Crippen LogP contribution is 2.16. The van der Waals surface area contributed by atoms with E-state index in [4.69, 9.17) is 0 Å². The molecule has 0 radical (unpaired) electrons. The van der Waals surface area contributed by atoms with E-state index >= 15 is 0 Å². The lowest BCUT2D eigenvalue weighted by atomic mass is 10.0. The Balaban J connectivity index is 0.00000288. The maximum Gasteiger partial charge on any atom is 0.191 e. The second-order valence-corrected chi connectivity index (χ2v) is 6.31. The van der Waals surface area contributed by atoms with Gasteiger partial charge in [0, 0.05) is 26.7 Å². The molecule has 0 aliphatic carbocycles. The van der Waals surface area contributed by atoms with Gasteiger partial charge in [0.2, 0.25) is 0 Å². The standard InChI is InChI=1S/C19H32N4.HI/c1-3-4-12-21-19(20-2)22-15-17-10-6-7-11-18(17)16-23-13-8-5-9-14-23;/h6-7,10-11H,3-5,8-9,12-16H2,1-2H3,(H2,20,21,22);1H. The molecule has 0 amide bonds. The average molecular weight is 444 g/mol. The second-order valence-electron chi connectivity index (χ2n) is 6.31. The Morgan fingerprint density at radius 1 is 1.08 bits per heavy atom. The number of halogens is 1. The zero-order valence-electron chi connectivity index (χ0n) is 15.2. The molecule has 1 aliphatic heterocycles. The van der Waals surface area contributed by atoms with Crippen molar-refractivity contribution in [2.24, 2.45) is 4.99 Å². The summed E-state index contributed by atoms with van der Waals surface area (Å²) in [7, 11) is 1.83. The lowest BCUT2D eigenvalue weighted by Gasteiger charge is -2.27. The van der Waals surface area contributed by atoms with Crippen molar-refractivity contribution < 1.29 is 0 Å². The zero-order chi connectivity index (χ0) is 16.3. The predicted octanol–water partition coefficient (Wildman–Crippen LogP) is 3.76. The van der Waals surface area contributed by atoms with Gasteiger partial charge in [-0.1, -0.05) is 44.0 Å². The van der Waals surface area contributed by atoms with E-state index < -0.39 is 0 Å². The Morgan fingerprint density at radius 3 is 2.46 bits per heavy atom. The van der Waals surface area contributed by atoms with E-state index in [1.165, 1.54) is 56.3 Å². The molecule has 2 N–H and O–H groups in total. The quantitative estimate of drug-likeness (QED) is 0.291. The van der Waals surface area contributed by atoms with Crippen molar-refractivity contribution in [1.82, 2.24) is 15.5 Å². The van der Waals surface area contributed by atoms with Crippen molar-refractivity contribution in [3.8, 4) is 0 Å². The molecule has 2 rings (SSSR count). The number of nitrogens with one attached hydrogen (secondary N) is 2. The minimum atomic E-state index is 0. The Hall–Kier alpha value is -0.820. The highest BCUT2D eigenvalue weighted by molar-refractivity contribution is 14.0. The van der Waals surface area contributed by atoms with Crippen molar-refractivity contribution in [3.05, 3.63) is 35.4 Å². The monoisotopic (exact) mass is 444 g/mol. The molecule has 1 aromatic rings. The molecule has 1 heterocycles. The molecule has 0 bridgehead atoms. The van der Waals surface area contributed by atoms with Gasteiger partial charge in [-0.3, -0.25) is 9.89 Å².